The van der Waals surface area contributed by atoms with E-state index in [9.17, 15) is 0 Å². The van der Waals surface area contributed by atoms with Gasteiger partial charge in [-0.25, -0.2) is 0 Å². The normalized spacial score (nSPS) is 24.7. The van der Waals surface area contributed by atoms with Crippen LogP contribution in [0.15, 0.2) is 0 Å². The number of hydrogen-bond acceptors (Lipinski definition) is 8. The molecule has 1 saturated carbocycles. The Morgan fingerprint density at radius 2 is 1.25 bits per heavy atom. The number of hydrogen-bond donors (Lipinski definition) is 0. The fraction of sp³-hybridized carbons (Fsp3) is 1.00. The molecule has 5 unspecified atom stereocenters. The van der Waals surface area contributed by atoms with Crippen LogP contribution in [-0.4, -0.2) is 84.6 Å². The van der Waals surface area contributed by atoms with Crippen LogP contribution in [-0.2, 0) is 34.5 Å². The Labute approximate surface area is 255 Å². The lowest BCUT2D eigenvalue weighted by molar-refractivity contribution is 0.0719. The summed E-state index contributed by atoms with van der Waals surface area (Å²) in [4.78, 5) is 0. The highest BCUT2D eigenvalue weighted by Gasteiger charge is 2.52. The van der Waals surface area contributed by atoms with Crippen molar-refractivity contribution in [2.24, 2.45) is 5.92 Å². The van der Waals surface area contributed by atoms with Gasteiger partial charge in [0.05, 0.1) is 12.2 Å². The molecular weight excluding hydrogens is 609 g/mol. The average Bonchev–Trinajstić information content (AvgIpc) is 3.61. The van der Waals surface area contributed by atoms with Crippen LogP contribution in [0.25, 0.3) is 0 Å². The molecule has 0 N–H and O–H groups in total. The molecule has 5 atom stereocenters. The van der Waals surface area contributed by atoms with E-state index < -0.39 is 52.6 Å². The molecular formula is C26H64O8Si6. The second-order valence-corrected chi connectivity index (χ2v) is 31.9. The molecule has 240 valence electrons. The third-order valence-corrected chi connectivity index (χ3v) is 28.2. The van der Waals surface area contributed by atoms with E-state index in [1.165, 1.54) is 19.3 Å². The molecule has 1 heterocycles. The van der Waals surface area contributed by atoms with E-state index >= 15 is 0 Å². The predicted molar refractivity (Wildman–Crippen MR) is 180 cm³/mol. The number of ether oxygens (including phenoxy) is 1. The molecule has 0 aromatic rings. The standard InChI is InChI=1S/C24H58O8Si6.C2H6/c1-12-25-38(26-13-2,27-14-3)20-19-37(11,30-34(5,6)7)32-36(10,31-35(8,9)29-33-4)18-17-22-15-16-23-24(21-22)28-23;1-2/h22-24H,12-21,33H2,1-11H3;1-2H3. The smallest absolute Gasteiger partial charge is 0.442 e. The van der Waals surface area contributed by atoms with Crippen LogP contribution in [0.1, 0.15) is 60.3 Å². The summed E-state index contributed by atoms with van der Waals surface area (Å²) in [6.07, 6.45) is 5.77. The van der Waals surface area contributed by atoms with Crippen molar-refractivity contribution in [2.75, 3.05) is 19.8 Å². The topological polar surface area (TPSA) is 77.1 Å². The highest BCUT2D eigenvalue weighted by atomic mass is 28.5. The van der Waals surface area contributed by atoms with Crippen LogP contribution in [0.3, 0.4) is 0 Å². The van der Waals surface area contributed by atoms with Crippen LogP contribution in [0.5, 0.6) is 0 Å². The van der Waals surface area contributed by atoms with Crippen molar-refractivity contribution in [1.29, 1.82) is 0 Å². The summed E-state index contributed by atoms with van der Waals surface area (Å²) in [5.41, 5.74) is 0. The molecule has 0 amide bonds. The quantitative estimate of drug-likeness (QED) is 0.102. The minimum Gasteiger partial charge on any atom is -0.442 e. The highest BCUT2D eigenvalue weighted by molar-refractivity contribution is 6.90. The Hall–Kier alpha value is 0.981. The summed E-state index contributed by atoms with van der Waals surface area (Å²) in [5, 5.41) is 0. The summed E-state index contributed by atoms with van der Waals surface area (Å²) in [6.45, 7) is 29.5. The first kappa shape index (κ1) is 39.0. The fourth-order valence-electron chi connectivity index (χ4n) is 5.84. The van der Waals surface area contributed by atoms with Crippen LogP contribution >= 0.6 is 0 Å². The summed E-state index contributed by atoms with van der Waals surface area (Å²) in [5.74, 6) is 0.684. The zero-order chi connectivity index (χ0) is 30.7. The van der Waals surface area contributed by atoms with Gasteiger partial charge in [-0.2, -0.15) is 0 Å². The van der Waals surface area contributed by atoms with E-state index in [1.807, 2.05) is 34.6 Å². The van der Waals surface area contributed by atoms with Crippen LogP contribution in [0.4, 0.5) is 0 Å². The SMILES string of the molecule is CC.CCO[Si](CC[Si](C)(O[Si](C)(C)C)O[Si](C)(CCC1CCC2OC2C1)O[Si](C)(C)O[SiH2]C)(OCC)OCC. The summed E-state index contributed by atoms with van der Waals surface area (Å²) < 4.78 is 52.0. The van der Waals surface area contributed by atoms with Gasteiger partial charge in [0.2, 0.25) is 0 Å². The van der Waals surface area contributed by atoms with Gasteiger partial charge < -0.3 is 34.5 Å². The Morgan fingerprint density at radius 1 is 0.700 bits per heavy atom. The fourth-order valence-corrected chi connectivity index (χ4v) is 31.1. The second kappa shape index (κ2) is 17.5. The minimum atomic E-state index is -2.82. The zero-order valence-corrected chi connectivity index (χ0v) is 34.7. The minimum absolute atomic E-state index is 0.493. The zero-order valence-electron chi connectivity index (χ0n) is 28.3. The van der Waals surface area contributed by atoms with Gasteiger partial charge in [-0.1, -0.05) is 20.4 Å². The lowest BCUT2D eigenvalue weighted by Crippen LogP contribution is -2.60. The maximum atomic E-state index is 7.30. The van der Waals surface area contributed by atoms with Gasteiger partial charge >= 0.3 is 34.5 Å². The average molecular weight is 673 g/mol. The Balaban J connectivity index is 0.00000391. The van der Waals surface area contributed by atoms with E-state index in [0.29, 0.717) is 44.0 Å². The largest absolute Gasteiger partial charge is 0.500 e. The van der Waals surface area contributed by atoms with Crippen molar-refractivity contribution < 1.29 is 34.5 Å². The summed E-state index contributed by atoms with van der Waals surface area (Å²) in [6, 6.07) is 2.42. The van der Waals surface area contributed by atoms with Crippen molar-refractivity contribution in [3.8, 4) is 0 Å². The van der Waals surface area contributed by atoms with E-state index in [4.69, 9.17) is 34.5 Å². The second-order valence-electron chi connectivity index (χ2n) is 12.4. The van der Waals surface area contributed by atoms with E-state index in [-0.39, 0.29) is 0 Å². The predicted octanol–water partition coefficient (Wildman–Crippen LogP) is 6.90. The molecule has 0 aromatic heterocycles. The van der Waals surface area contributed by atoms with Crippen molar-refractivity contribution in [1.82, 2.24) is 0 Å². The lowest BCUT2D eigenvalue weighted by Gasteiger charge is -2.44. The monoisotopic (exact) mass is 672 g/mol. The maximum absolute atomic E-state index is 7.30. The molecule has 2 fully saturated rings. The first-order valence-electron chi connectivity index (χ1n) is 15.9. The first-order valence-corrected chi connectivity index (χ1v) is 31.1. The molecule has 8 nitrogen and oxygen atoms in total. The van der Waals surface area contributed by atoms with Gasteiger partial charge in [-0.3, -0.25) is 0 Å². The molecule has 0 spiro atoms. The molecule has 0 aromatic carbocycles. The van der Waals surface area contributed by atoms with Gasteiger partial charge in [-0.15, -0.1) is 0 Å². The molecule has 2 rings (SSSR count). The third kappa shape index (κ3) is 14.2. The molecule has 14 heteroatoms. The summed E-state index contributed by atoms with van der Waals surface area (Å²) in [7, 11) is -12.9. The molecule has 1 aliphatic carbocycles. The van der Waals surface area contributed by atoms with Gasteiger partial charge in [0.1, 0.15) is 9.76 Å². The molecule has 1 aliphatic heterocycles. The molecule has 40 heavy (non-hydrogen) atoms. The Bertz CT molecular complexity index is 698. The van der Waals surface area contributed by atoms with Crippen molar-refractivity contribution in [3.63, 3.8) is 0 Å². The molecule has 0 radical (unpaired) electrons. The van der Waals surface area contributed by atoms with Gasteiger partial charge in [0.15, 0.2) is 8.32 Å². The van der Waals surface area contributed by atoms with Gasteiger partial charge in [-0.05, 0) is 110 Å². The highest BCUT2D eigenvalue weighted by Crippen LogP contribution is 2.42. The first-order chi connectivity index (χ1) is 18.6. The Kier molecular flexibility index (Phi) is 17.0. The summed E-state index contributed by atoms with van der Waals surface area (Å²) >= 11 is 0. The number of fused-ring (bicyclic) bond motifs is 1. The molecule has 2 aliphatic rings. The van der Waals surface area contributed by atoms with Crippen LogP contribution in [0.2, 0.25) is 70.5 Å². The Morgan fingerprint density at radius 3 is 1.73 bits per heavy atom. The van der Waals surface area contributed by atoms with E-state index in [2.05, 4.69) is 52.4 Å². The lowest BCUT2D eigenvalue weighted by atomic mass is 9.88. The third-order valence-electron chi connectivity index (χ3n) is 7.01. The number of rotatable bonds is 20. The van der Waals surface area contributed by atoms with Crippen molar-refractivity contribution in [3.05, 3.63) is 0 Å². The van der Waals surface area contributed by atoms with E-state index in [1.54, 1.807) is 0 Å². The van der Waals surface area contributed by atoms with Gasteiger partial charge in [0, 0.05) is 25.9 Å². The van der Waals surface area contributed by atoms with Gasteiger partial charge in [0.25, 0.3) is 0 Å². The van der Waals surface area contributed by atoms with Crippen molar-refractivity contribution in [2.45, 2.75) is 143 Å². The molecule has 1 saturated heterocycles. The van der Waals surface area contributed by atoms with Crippen molar-refractivity contribution >= 4 is 52.6 Å². The van der Waals surface area contributed by atoms with Crippen LogP contribution < -0.4 is 0 Å². The van der Waals surface area contributed by atoms with E-state index in [0.717, 1.165) is 18.5 Å². The van der Waals surface area contributed by atoms with Crippen LogP contribution in [0, 0.1) is 5.92 Å². The molecule has 0 bridgehead atoms. The maximum Gasteiger partial charge on any atom is 0.500 e. The number of epoxide rings is 1.